The first-order chi connectivity index (χ1) is 9.99. The van der Waals surface area contributed by atoms with Crippen molar-refractivity contribution >= 4 is 5.97 Å². The maximum Gasteiger partial charge on any atom is 0.302 e. The lowest BCUT2D eigenvalue weighted by Gasteiger charge is -2.35. The molecule has 0 amide bonds. The normalized spacial score (nSPS) is 28.9. The predicted octanol–water partition coefficient (Wildman–Crippen LogP) is -1.46. The van der Waals surface area contributed by atoms with Gasteiger partial charge in [-0.25, -0.2) is 0 Å². The van der Waals surface area contributed by atoms with Gasteiger partial charge in [0, 0.05) is 32.8 Å². The van der Waals surface area contributed by atoms with Crippen molar-refractivity contribution in [3.63, 3.8) is 0 Å². The maximum absolute atomic E-state index is 11.0. The lowest BCUT2D eigenvalue weighted by Crippen LogP contribution is -2.45. The molecule has 0 saturated carbocycles. The zero-order chi connectivity index (χ0) is 15.8. The van der Waals surface area contributed by atoms with E-state index in [9.17, 15) is 15.0 Å². The molecular formula is C13H24O8. The van der Waals surface area contributed by atoms with Crippen LogP contribution in [0.1, 0.15) is 26.2 Å². The van der Waals surface area contributed by atoms with Crippen molar-refractivity contribution < 1.29 is 39.4 Å². The Morgan fingerprint density at radius 2 is 2.00 bits per heavy atom. The second-order valence-corrected chi connectivity index (χ2v) is 5.01. The molecule has 21 heavy (non-hydrogen) atoms. The predicted molar refractivity (Wildman–Crippen MR) is 70.2 cm³/mol. The Morgan fingerprint density at radius 3 is 2.52 bits per heavy atom. The molecule has 0 aromatic rings. The van der Waals surface area contributed by atoms with Crippen LogP contribution in [-0.2, 0) is 19.0 Å². The Kier molecular flexibility index (Phi) is 8.09. The summed E-state index contributed by atoms with van der Waals surface area (Å²) in [4.78, 5) is 11.0. The molecule has 4 N–H and O–H groups in total. The van der Waals surface area contributed by atoms with E-state index in [1.165, 1.54) is 6.92 Å². The molecule has 0 radical (unpaired) electrons. The van der Waals surface area contributed by atoms with Crippen LogP contribution in [0.25, 0.3) is 0 Å². The quantitative estimate of drug-likeness (QED) is 0.401. The molecule has 0 aromatic carbocycles. The SMILES string of the molecule is CC(=O)O[C@@H](CCO)[C@@H](CO)OC1C[C@@H](O)C[C@@H](CO)O1. The first kappa shape index (κ1) is 18.3. The van der Waals surface area contributed by atoms with Gasteiger partial charge in [0.1, 0.15) is 12.2 Å². The molecule has 1 unspecified atom stereocenters. The molecule has 1 aliphatic heterocycles. The highest BCUT2D eigenvalue weighted by Crippen LogP contribution is 2.23. The summed E-state index contributed by atoms with van der Waals surface area (Å²) in [7, 11) is 0. The number of hydrogen-bond donors (Lipinski definition) is 4. The Morgan fingerprint density at radius 1 is 1.29 bits per heavy atom. The molecule has 1 fully saturated rings. The Labute approximate surface area is 123 Å². The van der Waals surface area contributed by atoms with Crippen LogP contribution in [0.3, 0.4) is 0 Å². The third-order valence-electron chi connectivity index (χ3n) is 3.20. The van der Waals surface area contributed by atoms with Gasteiger partial charge in [-0.05, 0) is 0 Å². The molecule has 0 aromatic heterocycles. The minimum absolute atomic E-state index is 0.115. The Balaban J connectivity index is 2.63. The zero-order valence-corrected chi connectivity index (χ0v) is 12.1. The van der Waals surface area contributed by atoms with Crippen molar-refractivity contribution in [2.45, 2.75) is 56.9 Å². The van der Waals surface area contributed by atoms with Crippen LogP contribution in [0.5, 0.6) is 0 Å². The zero-order valence-electron chi connectivity index (χ0n) is 12.1. The molecule has 8 nitrogen and oxygen atoms in total. The second kappa shape index (κ2) is 9.29. The van der Waals surface area contributed by atoms with Gasteiger partial charge >= 0.3 is 5.97 Å². The number of esters is 1. The Bertz CT molecular complexity index is 311. The summed E-state index contributed by atoms with van der Waals surface area (Å²) in [6.07, 6.45) is -3.11. The lowest BCUT2D eigenvalue weighted by atomic mass is 10.1. The number of carbonyl (C=O) groups excluding carboxylic acids is 1. The fraction of sp³-hybridized carbons (Fsp3) is 0.923. The Hall–Kier alpha value is -0.770. The lowest BCUT2D eigenvalue weighted by molar-refractivity contribution is -0.257. The third-order valence-corrected chi connectivity index (χ3v) is 3.20. The number of carbonyl (C=O) groups is 1. The fourth-order valence-electron chi connectivity index (χ4n) is 2.26. The average Bonchev–Trinajstić information content (AvgIpc) is 2.43. The number of aliphatic hydroxyl groups excluding tert-OH is 4. The van der Waals surface area contributed by atoms with E-state index in [-0.39, 0.29) is 26.1 Å². The fourth-order valence-corrected chi connectivity index (χ4v) is 2.26. The summed E-state index contributed by atoms with van der Waals surface area (Å²) in [6, 6.07) is 0. The van der Waals surface area contributed by atoms with Gasteiger partial charge in [0.15, 0.2) is 6.29 Å². The first-order valence-corrected chi connectivity index (χ1v) is 6.98. The van der Waals surface area contributed by atoms with Gasteiger partial charge in [0.25, 0.3) is 0 Å². The minimum atomic E-state index is -0.879. The summed E-state index contributed by atoms with van der Waals surface area (Å²) in [5.74, 6) is -0.548. The van der Waals surface area contributed by atoms with Crippen LogP contribution in [0, 0.1) is 0 Å². The second-order valence-electron chi connectivity index (χ2n) is 5.01. The van der Waals surface area contributed by atoms with Crippen molar-refractivity contribution in [3.8, 4) is 0 Å². The molecule has 1 aliphatic rings. The van der Waals surface area contributed by atoms with Gasteiger partial charge in [-0.15, -0.1) is 0 Å². The van der Waals surface area contributed by atoms with E-state index < -0.39 is 43.3 Å². The molecule has 0 bridgehead atoms. The average molecular weight is 308 g/mol. The van der Waals surface area contributed by atoms with Gasteiger partial charge < -0.3 is 34.6 Å². The molecule has 0 aliphatic carbocycles. The first-order valence-electron chi connectivity index (χ1n) is 6.98. The third kappa shape index (κ3) is 6.25. The monoisotopic (exact) mass is 308 g/mol. The van der Waals surface area contributed by atoms with Gasteiger partial charge in [-0.3, -0.25) is 4.79 Å². The molecule has 5 atom stereocenters. The van der Waals surface area contributed by atoms with Crippen LogP contribution < -0.4 is 0 Å². The van der Waals surface area contributed by atoms with Crippen molar-refractivity contribution in [3.05, 3.63) is 0 Å². The highest BCUT2D eigenvalue weighted by Gasteiger charge is 2.33. The number of aliphatic hydroxyl groups is 4. The smallest absolute Gasteiger partial charge is 0.302 e. The minimum Gasteiger partial charge on any atom is -0.460 e. The van der Waals surface area contributed by atoms with E-state index >= 15 is 0 Å². The van der Waals surface area contributed by atoms with Crippen molar-refractivity contribution in [2.75, 3.05) is 19.8 Å². The molecular weight excluding hydrogens is 284 g/mol. The molecule has 0 spiro atoms. The summed E-state index contributed by atoms with van der Waals surface area (Å²) < 4.78 is 16.0. The van der Waals surface area contributed by atoms with Crippen LogP contribution in [0.4, 0.5) is 0 Å². The summed E-state index contributed by atoms with van der Waals surface area (Å²) >= 11 is 0. The largest absolute Gasteiger partial charge is 0.460 e. The van der Waals surface area contributed by atoms with Crippen molar-refractivity contribution in [2.24, 2.45) is 0 Å². The van der Waals surface area contributed by atoms with Gasteiger partial charge in [-0.2, -0.15) is 0 Å². The molecule has 1 saturated heterocycles. The standard InChI is InChI=1S/C13H24O8/c1-8(17)19-11(2-3-14)12(7-16)21-13-5-9(18)4-10(6-15)20-13/h9-16,18H,2-7H2,1H3/t9-,10-,11-,12+,13?/m0/s1. The maximum atomic E-state index is 11.0. The van der Waals surface area contributed by atoms with E-state index in [1.807, 2.05) is 0 Å². The van der Waals surface area contributed by atoms with Crippen LogP contribution in [-0.4, -0.2) is 76.9 Å². The van der Waals surface area contributed by atoms with Gasteiger partial charge in [-0.1, -0.05) is 0 Å². The number of hydrogen-bond acceptors (Lipinski definition) is 8. The molecule has 1 rings (SSSR count). The molecule has 8 heteroatoms. The summed E-state index contributed by atoms with van der Waals surface area (Å²) in [5, 5.41) is 37.2. The summed E-state index contributed by atoms with van der Waals surface area (Å²) in [6.45, 7) is 0.315. The number of ether oxygens (including phenoxy) is 3. The van der Waals surface area contributed by atoms with E-state index in [0.29, 0.717) is 6.42 Å². The van der Waals surface area contributed by atoms with E-state index in [2.05, 4.69) is 0 Å². The number of rotatable bonds is 8. The highest BCUT2D eigenvalue weighted by atomic mass is 16.7. The van der Waals surface area contributed by atoms with Crippen molar-refractivity contribution in [1.82, 2.24) is 0 Å². The van der Waals surface area contributed by atoms with E-state index in [1.54, 1.807) is 0 Å². The van der Waals surface area contributed by atoms with E-state index in [4.69, 9.17) is 24.4 Å². The van der Waals surface area contributed by atoms with Crippen LogP contribution in [0.15, 0.2) is 0 Å². The van der Waals surface area contributed by atoms with Crippen LogP contribution in [0.2, 0.25) is 0 Å². The van der Waals surface area contributed by atoms with Gasteiger partial charge in [0.05, 0.1) is 25.4 Å². The highest BCUT2D eigenvalue weighted by molar-refractivity contribution is 5.66. The van der Waals surface area contributed by atoms with E-state index in [0.717, 1.165) is 0 Å². The molecule has 124 valence electrons. The van der Waals surface area contributed by atoms with Crippen molar-refractivity contribution in [1.29, 1.82) is 0 Å². The topological polar surface area (TPSA) is 126 Å². The van der Waals surface area contributed by atoms with Crippen LogP contribution >= 0.6 is 0 Å². The van der Waals surface area contributed by atoms with Gasteiger partial charge in [0.2, 0.25) is 0 Å². The summed E-state index contributed by atoms with van der Waals surface area (Å²) in [5.41, 5.74) is 0. The molecule has 1 heterocycles.